The van der Waals surface area contributed by atoms with Gasteiger partial charge >= 0.3 is 0 Å². The first-order valence-corrected chi connectivity index (χ1v) is 5.64. The van der Waals surface area contributed by atoms with Crippen LogP contribution in [0.25, 0.3) is 0 Å². The fraction of sp³-hybridized carbons (Fsp3) is 0.909. The van der Waals surface area contributed by atoms with E-state index in [-0.39, 0.29) is 12.0 Å². The molecule has 0 aromatic rings. The standard InChI is InChI=1S/C11H20N2O2/c1-14-7-8-15-13-11-6-4-2-3-5-10(11)9-12/h10-11,13H,2-8H2,1H3. The number of nitrogens with one attached hydrogen (secondary N) is 1. The largest absolute Gasteiger partial charge is 0.382 e. The second-order valence-corrected chi connectivity index (χ2v) is 3.94. The molecule has 0 aromatic carbocycles. The first kappa shape index (κ1) is 12.4. The molecule has 0 aromatic heterocycles. The number of hydrogen-bond donors (Lipinski definition) is 1. The van der Waals surface area contributed by atoms with Crippen LogP contribution in [0, 0.1) is 17.2 Å². The molecule has 0 radical (unpaired) electrons. The van der Waals surface area contributed by atoms with Gasteiger partial charge in [-0.05, 0) is 12.8 Å². The summed E-state index contributed by atoms with van der Waals surface area (Å²) in [6, 6.07) is 2.55. The van der Waals surface area contributed by atoms with E-state index >= 15 is 0 Å². The number of hydrogen-bond acceptors (Lipinski definition) is 4. The Balaban J connectivity index is 2.26. The van der Waals surface area contributed by atoms with Gasteiger partial charge in [0, 0.05) is 13.2 Å². The number of methoxy groups -OCH3 is 1. The smallest absolute Gasteiger partial charge is 0.0916 e. The number of rotatable bonds is 5. The molecule has 1 aliphatic rings. The minimum absolute atomic E-state index is 0.0926. The Morgan fingerprint density at radius 3 is 2.80 bits per heavy atom. The van der Waals surface area contributed by atoms with Crippen LogP contribution in [0.15, 0.2) is 0 Å². The van der Waals surface area contributed by atoms with Gasteiger partial charge in [-0.15, -0.1) is 0 Å². The Hall–Kier alpha value is -0.630. The molecule has 4 nitrogen and oxygen atoms in total. The molecular weight excluding hydrogens is 192 g/mol. The van der Waals surface area contributed by atoms with E-state index < -0.39 is 0 Å². The van der Waals surface area contributed by atoms with Crippen molar-refractivity contribution >= 4 is 0 Å². The lowest BCUT2D eigenvalue weighted by atomic mass is 9.97. The molecular formula is C11H20N2O2. The lowest BCUT2D eigenvalue weighted by Crippen LogP contribution is -2.35. The number of nitrogens with zero attached hydrogens (tertiary/aromatic N) is 1. The normalized spacial score (nSPS) is 26.9. The van der Waals surface area contributed by atoms with Crippen molar-refractivity contribution in [3.8, 4) is 6.07 Å². The van der Waals surface area contributed by atoms with Crippen molar-refractivity contribution in [1.29, 1.82) is 5.26 Å². The van der Waals surface area contributed by atoms with Crippen molar-refractivity contribution in [3.05, 3.63) is 0 Å². The highest BCUT2D eigenvalue weighted by atomic mass is 16.7. The SMILES string of the molecule is COCCONC1CCCCCC1C#N. The average Bonchev–Trinajstić information content (AvgIpc) is 2.49. The molecule has 1 fully saturated rings. The summed E-state index contributed by atoms with van der Waals surface area (Å²) in [5, 5.41) is 9.02. The van der Waals surface area contributed by atoms with Gasteiger partial charge in [-0.1, -0.05) is 19.3 Å². The highest BCUT2D eigenvalue weighted by molar-refractivity contribution is 4.92. The van der Waals surface area contributed by atoms with E-state index in [9.17, 15) is 0 Å². The maximum absolute atomic E-state index is 9.02. The van der Waals surface area contributed by atoms with E-state index in [0.29, 0.717) is 13.2 Å². The van der Waals surface area contributed by atoms with Crippen LogP contribution in [0.1, 0.15) is 32.1 Å². The second-order valence-electron chi connectivity index (χ2n) is 3.94. The van der Waals surface area contributed by atoms with Gasteiger partial charge in [-0.3, -0.25) is 4.84 Å². The first-order valence-electron chi connectivity index (χ1n) is 5.64. The maximum Gasteiger partial charge on any atom is 0.0916 e. The predicted molar refractivity (Wildman–Crippen MR) is 56.9 cm³/mol. The molecule has 0 aliphatic heterocycles. The number of hydroxylamine groups is 1. The minimum Gasteiger partial charge on any atom is -0.382 e. The summed E-state index contributed by atoms with van der Waals surface area (Å²) < 4.78 is 4.88. The van der Waals surface area contributed by atoms with Crippen LogP contribution < -0.4 is 5.48 Å². The zero-order valence-electron chi connectivity index (χ0n) is 9.37. The van der Waals surface area contributed by atoms with Gasteiger partial charge < -0.3 is 4.74 Å². The predicted octanol–water partition coefficient (Wildman–Crippen LogP) is 1.63. The maximum atomic E-state index is 9.02. The molecule has 86 valence electrons. The fourth-order valence-corrected chi connectivity index (χ4v) is 1.89. The summed E-state index contributed by atoms with van der Waals surface area (Å²) in [5.41, 5.74) is 2.99. The summed E-state index contributed by atoms with van der Waals surface area (Å²) in [5.74, 6) is 0.0926. The van der Waals surface area contributed by atoms with E-state index in [0.717, 1.165) is 19.3 Å². The summed E-state index contributed by atoms with van der Waals surface area (Å²) in [6.07, 6.45) is 5.60. The highest BCUT2D eigenvalue weighted by Gasteiger charge is 2.23. The first-order chi connectivity index (χ1) is 7.38. The van der Waals surface area contributed by atoms with Gasteiger partial charge in [0.15, 0.2) is 0 Å². The average molecular weight is 212 g/mol. The summed E-state index contributed by atoms with van der Waals surface area (Å²) in [6.45, 7) is 1.11. The van der Waals surface area contributed by atoms with E-state index in [2.05, 4.69) is 11.5 Å². The van der Waals surface area contributed by atoms with Crippen molar-refractivity contribution in [3.63, 3.8) is 0 Å². The Kier molecular flexibility index (Phi) is 6.33. The summed E-state index contributed by atoms with van der Waals surface area (Å²) >= 11 is 0. The van der Waals surface area contributed by atoms with Crippen LogP contribution >= 0.6 is 0 Å². The van der Waals surface area contributed by atoms with Crippen LogP contribution in [0.5, 0.6) is 0 Å². The second kappa shape index (κ2) is 7.63. The van der Waals surface area contributed by atoms with Gasteiger partial charge in [0.05, 0.1) is 25.2 Å². The van der Waals surface area contributed by atoms with Crippen LogP contribution in [0.3, 0.4) is 0 Å². The Labute approximate surface area is 91.5 Å². The third-order valence-corrected chi connectivity index (χ3v) is 2.81. The van der Waals surface area contributed by atoms with E-state index in [1.807, 2.05) is 0 Å². The van der Waals surface area contributed by atoms with Crippen molar-refractivity contribution in [1.82, 2.24) is 5.48 Å². The molecule has 2 atom stereocenters. The number of ether oxygens (including phenoxy) is 1. The zero-order chi connectivity index (χ0) is 10.9. The summed E-state index contributed by atoms with van der Waals surface area (Å²) in [4.78, 5) is 5.28. The fourth-order valence-electron chi connectivity index (χ4n) is 1.89. The molecule has 0 saturated heterocycles. The van der Waals surface area contributed by atoms with Gasteiger partial charge in [-0.25, -0.2) is 0 Å². The third-order valence-electron chi connectivity index (χ3n) is 2.81. The monoisotopic (exact) mass is 212 g/mol. The van der Waals surface area contributed by atoms with Crippen LogP contribution in [-0.2, 0) is 9.57 Å². The van der Waals surface area contributed by atoms with Gasteiger partial charge in [0.2, 0.25) is 0 Å². The van der Waals surface area contributed by atoms with Crippen molar-refractivity contribution in [2.45, 2.75) is 38.1 Å². The molecule has 1 N–H and O–H groups in total. The van der Waals surface area contributed by atoms with Gasteiger partial charge in [-0.2, -0.15) is 10.7 Å². The molecule has 1 rings (SSSR count). The lowest BCUT2D eigenvalue weighted by molar-refractivity contribution is -0.0198. The van der Waals surface area contributed by atoms with Gasteiger partial charge in [0.1, 0.15) is 0 Å². The van der Waals surface area contributed by atoms with Crippen LogP contribution in [0.2, 0.25) is 0 Å². The van der Waals surface area contributed by atoms with Crippen molar-refractivity contribution in [2.24, 2.45) is 5.92 Å². The van der Waals surface area contributed by atoms with E-state index in [4.69, 9.17) is 14.8 Å². The van der Waals surface area contributed by atoms with Crippen LogP contribution in [0.4, 0.5) is 0 Å². The topological polar surface area (TPSA) is 54.3 Å². The molecule has 1 aliphatic carbocycles. The molecule has 15 heavy (non-hydrogen) atoms. The zero-order valence-corrected chi connectivity index (χ0v) is 9.37. The van der Waals surface area contributed by atoms with E-state index in [1.54, 1.807) is 7.11 Å². The lowest BCUT2D eigenvalue weighted by Gasteiger charge is -2.20. The van der Waals surface area contributed by atoms with Crippen molar-refractivity contribution in [2.75, 3.05) is 20.3 Å². The molecule has 1 saturated carbocycles. The van der Waals surface area contributed by atoms with Gasteiger partial charge in [0.25, 0.3) is 0 Å². The van der Waals surface area contributed by atoms with Crippen molar-refractivity contribution < 1.29 is 9.57 Å². The Morgan fingerprint density at radius 1 is 1.27 bits per heavy atom. The highest BCUT2D eigenvalue weighted by Crippen LogP contribution is 2.22. The molecule has 2 unspecified atom stereocenters. The molecule has 0 bridgehead atoms. The minimum atomic E-state index is 0.0926. The molecule has 4 heteroatoms. The quantitative estimate of drug-likeness (QED) is 0.427. The third kappa shape index (κ3) is 4.61. The Morgan fingerprint density at radius 2 is 2.07 bits per heavy atom. The number of nitriles is 1. The van der Waals surface area contributed by atoms with Crippen LogP contribution in [-0.4, -0.2) is 26.4 Å². The van der Waals surface area contributed by atoms with E-state index in [1.165, 1.54) is 12.8 Å². The Bertz CT molecular complexity index is 203. The molecule has 0 amide bonds. The summed E-state index contributed by atoms with van der Waals surface area (Å²) in [7, 11) is 1.65. The molecule has 0 heterocycles. The molecule has 0 spiro atoms.